The van der Waals surface area contributed by atoms with Gasteiger partial charge in [-0.15, -0.1) is 11.6 Å². The quantitative estimate of drug-likeness (QED) is 0.559. The number of hydrogen-bond acceptors (Lipinski definition) is 2. The number of aromatic nitrogens is 2. The molecule has 0 aliphatic rings. The van der Waals surface area contributed by atoms with Crippen LogP contribution in [0.2, 0.25) is 0 Å². The molecule has 4 heteroatoms. The second kappa shape index (κ2) is 2.73. The molecule has 1 heterocycles. The van der Waals surface area contributed by atoms with Crippen LogP contribution >= 0.6 is 11.6 Å². The Kier molecular flexibility index (Phi) is 1.95. The van der Waals surface area contributed by atoms with Gasteiger partial charge in [-0.25, -0.2) is 14.4 Å². The molecule has 0 unspecified atom stereocenters. The van der Waals surface area contributed by atoms with Gasteiger partial charge in [0.2, 0.25) is 0 Å². The van der Waals surface area contributed by atoms with Crippen LogP contribution in [-0.2, 0) is 5.88 Å². The van der Waals surface area contributed by atoms with Gasteiger partial charge in [0.25, 0.3) is 0 Å². The first kappa shape index (κ1) is 6.42. The molecule has 1 rings (SSSR count). The maximum Gasteiger partial charge on any atom is 0.159 e. The highest BCUT2D eigenvalue weighted by Gasteiger charge is 1.91. The number of rotatable bonds is 1. The third-order valence-corrected chi connectivity index (χ3v) is 1.03. The summed E-state index contributed by atoms with van der Waals surface area (Å²) >= 11 is 5.33. The van der Waals surface area contributed by atoms with Gasteiger partial charge in [0.1, 0.15) is 5.82 Å². The lowest BCUT2D eigenvalue weighted by molar-refractivity contribution is 0.610. The molecule has 2 nitrogen and oxygen atoms in total. The van der Waals surface area contributed by atoms with Gasteiger partial charge in [-0.1, -0.05) is 0 Å². The highest BCUT2D eigenvalue weighted by Crippen LogP contribution is 1.95. The monoisotopic (exact) mass is 146 g/mol. The van der Waals surface area contributed by atoms with Crippen molar-refractivity contribution in [2.75, 3.05) is 0 Å². The van der Waals surface area contributed by atoms with E-state index in [0.29, 0.717) is 5.82 Å². The van der Waals surface area contributed by atoms with Crippen molar-refractivity contribution < 1.29 is 4.39 Å². The Morgan fingerprint density at radius 1 is 1.44 bits per heavy atom. The SMILES string of the molecule is Fc1cnc(CCl)nc1. The lowest BCUT2D eigenvalue weighted by atomic mass is 10.6. The van der Waals surface area contributed by atoms with Crippen molar-refractivity contribution in [3.05, 3.63) is 24.0 Å². The molecule has 0 radical (unpaired) electrons. The van der Waals surface area contributed by atoms with E-state index < -0.39 is 5.82 Å². The molecule has 0 bridgehead atoms. The summed E-state index contributed by atoms with van der Waals surface area (Å²) in [6.45, 7) is 0. The van der Waals surface area contributed by atoms with E-state index >= 15 is 0 Å². The average molecular weight is 147 g/mol. The molecule has 0 atom stereocenters. The molecule has 1 aromatic heterocycles. The summed E-state index contributed by atoms with van der Waals surface area (Å²) in [7, 11) is 0. The first-order valence-corrected chi connectivity index (χ1v) is 2.89. The Balaban J connectivity index is 2.88. The lowest BCUT2D eigenvalue weighted by Gasteiger charge is -1.89. The van der Waals surface area contributed by atoms with Crippen LogP contribution in [0, 0.1) is 5.82 Å². The summed E-state index contributed by atoms with van der Waals surface area (Å²) in [5.41, 5.74) is 0. The fourth-order valence-corrected chi connectivity index (χ4v) is 0.546. The minimum Gasteiger partial charge on any atom is -0.237 e. The highest BCUT2D eigenvalue weighted by atomic mass is 35.5. The summed E-state index contributed by atoms with van der Waals surface area (Å²) in [4.78, 5) is 7.16. The fraction of sp³-hybridized carbons (Fsp3) is 0.200. The number of nitrogens with zero attached hydrogens (tertiary/aromatic N) is 2. The number of hydrogen-bond donors (Lipinski definition) is 0. The van der Waals surface area contributed by atoms with Crippen LogP contribution in [0.1, 0.15) is 5.82 Å². The molecule has 0 spiro atoms. The van der Waals surface area contributed by atoms with Gasteiger partial charge in [0.15, 0.2) is 5.82 Å². The molecule has 0 aliphatic heterocycles. The molecule has 48 valence electrons. The van der Waals surface area contributed by atoms with Gasteiger partial charge in [-0.3, -0.25) is 0 Å². The first-order valence-electron chi connectivity index (χ1n) is 2.35. The lowest BCUT2D eigenvalue weighted by Crippen LogP contribution is -1.90. The van der Waals surface area contributed by atoms with E-state index in [1.807, 2.05) is 0 Å². The first-order chi connectivity index (χ1) is 4.33. The maximum absolute atomic E-state index is 12.1. The van der Waals surface area contributed by atoms with Gasteiger partial charge >= 0.3 is 0 Å². The molecule has 9 heavy (non-hydrogen) atoms. The van der Waals surface area contributed by atoms with E-state index in [2.05, 4.69) is 9.97 Å². The standard InChI is InChI=1S/C5H4ClFN2/c6-1-5-8-2-4(7)3-9-5/h2-3H,1H2. The molecule has 0 amide bonds. The van der Waals surface area contributed by atoms with Crippen LogP contribution in [0.5, 0.6) is 0 Å². The smallest absolute Gasteiger partial charge is 0.159 e. The van der Waals surface area contributed by atoms with Gasteiger partial charge in [0.05, 0.1) is 18.3 Å². The van der Waals surface area contributed by atoms with Crippen molar-refractivity contribution in [3.8, 4) is 0 Å². The van der Waals surface area contributed by atoms with Crippen LogP contribution in [0.25, 0.3) is 0 Å². The number of halogens is 2. The summed E-state index contributed by atoms with van der Waals surface area (Å²) < 4.78 is 12.1. The third kappa shape index (κ3) is 1.61. The zero-order chi connectivity index (χ0) is 6.69. The maximum atomic E-state index is 12.1. The second-order valence-corrected chi connectivity index (χ2v) is 1.72. The van der Waals surface area contributed by atoms with Crippen LogP contribution in [-0.4, -0.2) is 9.97 Å². The van der Waals surface area contributed by atoms with E-state index in [1.54, 1.807) is 0 Å². The molecule has 0 aromatic carbocycles. The average Bonchev–Trinajstić information content (AvgIpc) is 1.90. The van der Waals surface area contributed by atoms with Crippen molar-refractivity contribution in [2.45, 2.75) is 5.88 Å². The van der Waals surface area contributed by atoms with Crippen LogP contribution in [0.15, 0.2) is 12.4 Å². The molecular weight excluding hydrogens is 143 g/mol. The Bertz CT molecular complexity index is 187. The topological polar surface area (TPSA) is 25.8 Å². The summed E-state index contributed by atoms with van der Waals surface area (Å²) in [6, 6.07) is 0. The van der Waals surface area contributed by atoms with Gasteiger partial charge in [-0.05, 0) is 0 Å². The number of alkyl halides is 1. The van der Waals surface area contributed by atoms with E-state index in [9.17, 15) is 4.39 Å². The normalized spacial score (nSPS) is 9.56. The van der Waals surface area contributed by atoms with E-state index in [1.165, 1.54) is 0 Å². The molecule has 0 saturated carbocycles. The molecule has 0 saturated heterocycles. The predicted molar refractivity (Wildman–Crippen MR) is 31.5 cm³/mol. The van der Waals surface area contributed by atoms with Crippen molar-refractivity contribution in [1.82, 2.24) is 9.97 Å². The van der Waals surface area contributed by atoms with Crippen molar-refractivity contribution in [1.29, 1.82) is 0 Å². The zero-order valence-electron chi connectivity index (χ0n) is 4.51. The molecule has 0 N–H and O–H groups in total. The largest absolute Gasteiger partial charge is 0.237 e. The fourth-order valence-electron chi connectivity index (χ4n) is 0.408. The molecule has 1 aromatic rings. The van der Waals surface area contributed by atoms with E-state index in [4.69, 9.17) is 11.6 Å². The zero-order valence-corrected chi connectivity index (χ0v) is 5.27. The summed E-state index contributed by atoms with van der Waals surface area (Å²) in [5, 5.41) is 0. The van der Waals surface area contributed by atoms with Gasteiger partial charge < -0.3 is 0 Å². The van der Waals surface area contributed by atoms with Crippen molar-refractivity contribution >= 4 is 11.6 Å². The van der Waals surface area contributed by atoms with Crippen molar-refractivity contribution in [2.24, 2.45) is 0 Å². The van der Waals surface area contributed by atoms with E-state index in [0.717, 1.165) is 12.4 Å². The van der Waals surface area contributed by atoms with E-state index in [-0.39, 0.29) is 5.88 Å². The van der Waals surface area contributed by atoms with Gasteiger partial charge in [0, 0.05) is 0 Å². The second-order valence-electron chi connectivity index (χ2n) is 1.45. The third-order valence-electron chi connectivity index (χ3n) is 0.793. The highest BCUT2D eigenvalue weighted by molar-refractivity contribution is 6.16. The molecule has 0 fully saturated rings. The van der Waals surface area contributed by atoms with Crippen LogP contribution in [0.4, 0.5) is 4.39 Å². The molecule has 0 aliphatic carbocycles. The van der Waals surface area contributed by atoms with Crippen LogP contribution < -0.4 is 0 Å². The summed E-state index contributed by atoms with van der Waals surface area (Å²) in [5.74, 6) is 0.224. The summed E-state index contributed by atoms with van der Waals surface area (Å²) in [6.07, 6.45) is 2.18. The molecular formula is C5H4ClFN2. The minimum absolute atomic E-state index is 0.222. The van der Waals surface area contributed by atoms with Crippen molar-refractivity contribution in [3.63, 3.8) is 0 Å². The Morgan fingerprint density at radius 3 is 2.44 bits per heavy atom. The Labute approximate surface area is 56.7 Å². The van der Waals surface area contributed by atoms with Crippen LogP contribution in [0.3, 0.4) is 0 Å². The minimum atomic E-state index is -0.441. The Hall–Kier alpha value is -0.700. The van der Waals surface area contributed by atoms with Gasteiger partial charge in [-0.2, -0.15) is 0 Å². The Morgan fingerprint density at radius 2 is 2.00 bits per heavy atom. The predicted octanol–water partition coefficient (Wildman–Crippen LogP) is 1.35.